The quantitative estimate of drug-likeness (QED) is 0.756. The largest absolute Gasteiger partial charge is 0.298 e. The van der Waals surface area contributed by atoms with Crippen molar-refractivity contribution in [1.29, 1.82) is 0 Å². The average molecular weight is 229 g/mol. The Balaban J connectivity index is 2.31. The molecule has 0 unspecified atom stereocenters. The number of benzene rings is 1. The number of hydrogen-bond acceptors (Lipinski definition) is 3. The van der Waals surface area contributed by atoms with Crippen LogP contribution in [0.5, 0.6) is 0 Å². The van der Waals surface area contributed by atoms with Gasteiger partial charge >= 0.3 is 0 Å². The van der Waals surface area contributed by atoms with E-state index in [9.17, 15) is 4.79 Å². The third kappa shape index (κ3) is 2.49. The predicted octanol–water partition coefficient (Wildman–Crippen LogP) is 3.35. The number of hydrogen-bond donors (Lipinski definition) is 0. The molecule has 1 heterocycles. The first kappa shape index (κ1) is 10.9. The van der Waals surface area contributed by atoms with Gasteiger partial charge in [-0.15, -0.1) is 0 Å². The van der Waals surface area contributed by atoms with Crippen molar-refractivity contribution in [2.45, 2.75) is 16.8 Å². The van der Waals surface area contributed by atoms with Crippen molar-refractivity contribution in [3.8, 4) is 0 Å². The molecule has 0 fully saturated rings. The van der Waals surface area contributed by atoms with Gasteiger partial charge in [0.2, 0.25) is 0 Å². The maximum absolute atomic E-state index is 10.9. The summed E-state index contributed by atoms with van der Waals surface area (Å²) in [6, 6.07) is 11.6. The fourth-order valence-corrected chi connectivity index (χ4v) is 2.22. The highest BCUT2D eigenvalue weighted by molar-refractivity contribution is 7.99. The Labute approximate surface area is 98.7 Å². The zero-order valence-electron chi connectivity index (χ0n) is 8.88. The summed E-state index contributed by atoms with van der Waals surface area (Å²) in [7, 11) is 0. The highest BCUT2D eigenvalue weighted by Crippen LogP contribution is 2.28. The molecule has 0 saturated carbocycles. The Morgan fingerprint density at radius 1 is 1.25 bits per heavy atom. The number of aromatic nitrogens is 1. The van der Waals surface area contributed by atoms with E-state index in [1.165, 1.54) is 11.8 Å². The summed E-state index contributed by atoms with van der Waals surface area (Å²) in [6.45, 7) is 1.97. The van der Waals surface area contributed by atoms with Gasteiger partial charge < -0.3 is 0 Å². The molecular weight excluding hydrogens is 218 g/mol. The SMILES string of the molecule is Cc1ccc(Sc2ccccn2)c(C=O)c1. The Kier molecular flexibility index (Phi) is 3.37. The third-order valence-electron chi connectivity index (χ3n) is 2.14. The Morgan fingerprint density at radius 3 is 2.81 bits per heavy atom. The average Bonchev–Trinajstić information content (AvgIpc) is 2.33. The van der Waals surface area contributed by atoms with E-state index < -0.39 is 0 Å². The topological polar surface area (TPSA) is 30.0 Å². The van der Waals surface area contributed by atoms with Gasteiger partial charge in [-0.25, -0.2) is 4.98 Å². The molecule has 2 aromatic rings. The molecule has 0 radical (unpaired) electrons. The van der Waals surface area contributed by atoms with Crippen molar-refractivity contribution in [2.24, 2.45) is 0 Å². The van der Waals surface area contributed by atoms with E-state index in [4.69, 9.17) is 0 Å². The summed E-state index contributed by atoms with van der Waals surface area (Å²) < 4.78 is 0. The first-order valence-electron chi connectivity index (χ1n) is 4.94. The van der Waals surface area contributed by atoms with Crippen LogP contribution in [0, 0.1) is 6.92 Å². The molecule has 80 valence electrons. The molecule has 2 rings (SSSR count). The fourth-order valence-electron chi connectivity index (χ4n) is 1.37. The first-order chi connectivity index (χ1) is 7.79. The zero-order chi connectivity index (χ0) is 11.4. The highest BCUT2D eigenvalue weighted by Gasteiger charge is 2.04. The molecule has 0 saturated heterocycles. The summed E-state index contributed by atoms with van der Waals surface area (Å²) in [6.07, 6.45) is 2.63. The van der Waals surface area contributed by atoms with E-state index in [1.807, 2.05) is 43.3 Å². The van der Waals surface area contributed by atoms with Gasteiger partial charge in [-0.3, -0.25) is 4.79 Å². The minimum absolute atomic E-state index is 0.718. The maximum Gasteiger partial charge on any atom is 0.151 e. The first-order valence-corrected chi connectivity index (χ1v) is 5.76. The van der Waals surface area contributed by atoms with Crippen molar-refractivity contribution < 1.29 is 4.79 Å². The number of carbonyl (C=O) groups excluding carboxylic acids is 1. The molecule has 0 spiro atoms. The molecule has 0 bridgehead atoms. The molecule has 1 aromatic heterocycles. The van der Waals surface area contributed by atoms with Crippen molar-refractivity contribution in [3.05, 3.63) is 53.7 Å². The van der Waals surface area contributed by atoms with Gasteiger partial charge in [-0.05, 0) is 31.2 Å². The van der Waals surface area contributed by atoms with Crippen LogP contribution in [0.2, 0.25) is 0 Å². The van der Waals surface area contributed by atoms with Gasteiger partial charge in [0.05, 0.1) is 0 Å². The van der Waals surface area contributed by atoms with E-state index >= 15 is 0 Å². The van der Waals surface area contributed by atoms with E-state index in [1.54, 1.807) is 6.20 Å². The van der Waals surface area contributed by atoms with E-state index in [2.05, 4.69) is 4.98 Å². The van der Waals surface area contributed by atoms with Crippen molar-refractivity contribution in [3.63, 3.8) is 0 Å². The lowest BCUT2D eigenvalue weighted by Crippen LogP contribution is -1.87. The van der Waals surface area contributed by atoms with Crippen LogP contribution in [-0.2, 0) is 0 Å². The Bertz CT molecular complexity index is 497. The van der Waals surface area contributed by atoms with Gasteiger partial charge in [0.25, 0.3) is 0 Å². The second-order valence-electron chi connectivity index (χ2n) is 3.43. The molecular formula is C13H11NOS. The second kappa shape index (κ2) is 4.94. The number of pyridine rings is 1. The smallest absolute Gasteiger partial charge is 0.151 e. The van der Waals surface area contributed by atoms with Crippen LogP contribution in [-0.4, -0.2) is 11.3 Å². The van der Waals surface area contributed by atoms with Crippen molar-refractivity contribution in [2.75, 3.05) is 0 Å². The van der Waals surface area contributed by atoms with Crippen LogP contribution in [0.15, 0.2) is 52.5 Å². The van der Waals surface area contributed by atoms with Crippen LogP contribution in [0.4, 0.5) is 0 Å². The minimum atomic E-state index is 0.718. The van der Waals surface area contributed by atoms with Crippen LogP contribution < -0.4 is 0 Å². The monoisotopic (exact) mass is 229 g/mol. The fraction of sp³-hybridized carbons (Fsp3) is 0.0769. The summed E-state index contributed by atoms with van der Waals surface area (Å²) in [5, 5.41) is 0.898. The predicted molar refractivity (Wildman–Crippen MR) is 64.9 cm³/mol. The van der Waals surface area contributed by atoms with E-state index in [0.717, 1.165) is 27.3 Å². The molecule has 3 heteroatoms. The van der Waals surface area contributed by atoms with Crippen LogP contribution in [0.1, 0.15) is 15.9 Å². The van der Waals surface area contributed by atoms with Crippen LogP contribution in [0.25, 0.3) is 0 Å². The van der Waals surface area contributed by atoms with Crippen molar-refractivity contribution in [1.82, 2.24) is 4.98 Å². The number of carbonyl (C=O) groups is 1. The highest BCUT2D eigenvalue weighted by atomic mass is 32.2. The van der Waals surface area contributed by atoms with Crippen molar-refractivity contribution >= 4 is 18.0 Å². The number of aldehydes is 1. The second-order valence-corrected chi connectivity index (χ2v) is 4.49. The molecule has 16 heavy (non-hydrogen) atoms. The summed E-state index contributed by atoms with van der Waals surface area (Å²) in [5.41, 5.74) is 1.81. The molecule has 1 aromatic carbocycles. The summed E-state index contributed by atoms with van der Waals surface area (Å²) >= 11 is 1.51. The van der Waals surface area contributed by atoms with E-state index in [-0.39, 0.29) is 0 Å². The van der Waals surface area contributed by atoms with Gasteiger partial charge in [-0.1, -0.05) is 29.5 Å². The molecule has 0 aliphatic rings. The van der Waals surface area contributed by atoms with Gasteiger partial charge in [0.1, 0.15) is 5.03 Å². The molecule has 0 aliphatic heterocycles. The van der Waals surface area contributed by atoms with E-state index in [0.29, 0.717) is 0 Å². The normalized spacial score (nSPS) is 10.1. The molecule has 0 amide bonds. The standard InChI is InChI=1S/C13H11NOS/c1-10-5-6-12(11(8-10)9-15)16-13-4-2-3-7-14-13/h2-9H,1H3. The number of nitrogens with zero attached hydrogens (tertiary/aromatic N) is 1. The third-order valence-corrected chi connectivity index (χ3v) is 3.19. The lowest BCUT2D eigenvalue weighted by Gasteiger charge is -2.04. The number of aryl methyl sites for hydroxylation is 1. The lowest BCUT2D eigenvalue weighted by atomic mass is 10.2. The molecule has 0 N–H and O–H groups in total. The summed E-state index contributed by atoms with van der Waals surface area (Å²) in [4.78, 5) is 16.1. The Morgan fingerprint density at radius 2 is 2.12 bits per heavy atom. The van der Waals surface area contributed by atoms with Gasteiger partial charge in [0, 0.05) is 16.7 Å². The molecule has 0 aliphatic carbocycles. The number of rotatable bonds is 3. The molecule has 2 nitrogen and oxygen atoms in total. The minimum Gasteiger partial charge on any atom is -0.298 e. The molecule has 0 atom stereocenters. The van der Waals surface area contributed by atoms with Gasteiger partial charge in [-0.2, -0.15) is 0 Å². The van der Waals surface area contributed by atoms with Gasteiger partial charge in [0.15, 0.2) is 6.29 Å². The lowest BCUT2D eigenvalue weighted by molar-refractivity contribution is 0.112. The van der Waals surface area contributed by atoms with Crippen LogP contribution >= 0.6 is 11.8 Å². The maximum atomic E-state index is 10.9. The zero-order valence-corrected chi connectivity index (χ0v) is 9.70. The summed E-state index contributed by atoms with van der Waals surface area (Å²) in [5.74, 6) is 0. The van der Waals surface area contributed by atoms with Crippen LogP contribution in [0.3, 0.4) is 0 Å². The Hall–Kier alpha value is -1.61.